The zero-order valence-electron chi connectivity index (χ0n) is 23.4. The van der Waals surface area contributed by atoms with Crippen molar-refractivity contribution in [1.82, 2.24) is 0 Å². The van der Waals surface area contributed by atoms with Gasteiger partial charge >= 0.3 is 23.9 Å². The van der Waals surface area contributed by atoms with Gasteiger partial charge in [0.1, 0.15) is 18.5 Å². The van der Waals surface area contributed by atoms with Gasteiger partial charge < -0.3 is 33.5 Å². The summed E-state index contributed by atoms with van der Waals surface area (Å²) >= 11 is 6.54. The molecule has 12 heteroatoms. The zero-order chi connectivity index (χ0) is 30.3. The number of halogens is 1. The van der Waals surface area contributed by atoms with Crippen LogP contribution in [0, 0.1) is 0 Å². The maximum atomic E-state index is 12.2. The summed E-state index contributed by atoms with van der Waals surface area (Å²) in [6, 6.07) is 11.9. The third-order valence-corrected chi connectivity index (χ3v) is 6.53. The van der Waals surface area contributed by atoms with Crippen LogP contribution in [0.5, 0.6) is 5.75 Å². The van der Waals surface area contributed by atoms with E-state index in [1.807, 2.05) is 31.2 Å². The van der Waals surface area contributed by atoms with Crippen molar-refractivity contribution in [2.75, 3.05) is 13.2 Å². The minimum absolute atomic E-state index is 0.0864. The molecule has 5 atom stereocenters. The van der Waals surface area contributed by atoms with E-state index >= 15 is 0 Å². The molecule has 0 spiro atoms. The van der Waals surface area contributed by atoms with Crippen LogP contribution in [0.15, 0.2) is 42.5 Å². The Bertz CT molecular complexity index is 1280. The molecule has 1 aliphatic rings. The molecule has 0 saturated carbocycles. The van der Waals surface area contributed by atoms with Crippen molar-refractivity contribution < 1.29 is 52.7 Å². The summed E-state index contributed by atoms with van der Waals surface area (Å²) in [4.78, 5) is 48.0. The van der Waals surface area contributed by atoms with Crippen LogP contribution in [0.2, 0.25) is 5.02 Å². The molecule has 0 unspecified atom stereocenters. The van der Waals surface area contributed by atoms with Gasteiger partial charge in [0.25, 0.3) is 0 Å². The minimum atomic E-state index is -2.47. The average molecular weight is 593 g/mol. The van der Waals surface area contributed by atoms with Crippen LogP contribution in [0.4, 0.5) is 0 Å². The fourth-order valence-corrected chi connectivity index (χ4v) is 4.78. The molecule has 0 amide bonds. The predicted molar refractivity (Wildman–Crippen MR) is 144 cm³/mol. The van der Waals surface area contributed by atoms with Gasteiger partial charge in [-0.25, -0.2) is 0 Å². The van der Waals surface area contributed by atoms with Crippen LogP contribution < -0.4 is 4.74 Å². The summed E-state index contributed by atoms with van der Waals surface area (Å²) in [5, 5.41) is 12.5. The van der Waals surface area contributed by atoms with E-state index in [0.717, 1.165) is 33.3 Å². The first-order valence-electron chi connectivity index (χ1n) is 12.9. The highest BCUT2D eigenvalue weighted by atomic mass is 35.5. The molecule has 2 aromatic rings. The van der Waals surface area contributed by atoms with Crippen molar-refractivity contribution in [3.8, 4) is 5.75 Å². The molecule has 1 aliphatic heterocycles. The first kappa shape index (κ1) is 31.9. The van der Waals surface area contributed by atoms with Gasteiger partial charge in [0.05, 0.1) is 6.61 Å². The normalized spacial score (nSPS) is 23.7. The summed E-state index contributed by atoms with van der Waals surface area (Å²) in [5.41, 5.74) is 1.47. The van der Waals surface area contributed by atoms with E-state index in [9.17, 15) is 24.3 Å². The van der Waals surface area contributed by atoms with Gasteiger partial charge in [0, 0.05) is 44.7 Å². The van der Waals surface area contributed by atoms with Gasteiger partial charge in [0.15, 0.2) is 12.2 Å². The molecule has 41 heavy (non-hydrogen) atoms. The molecular formula is C29H33ClO11. The quantitative estimate of drug-likeness (QED) is 0.321. The molecule has 1 saturated heterocycles. The van der Waals surface area contributed by atoms with Crippen molar-refractivity contribution in [3.63, 3.8) is 0 Å². The van der Waals surface area contributed by atoms with Crippen LogP contribution in [-0.2, 0) is 55.1 Å². The summed E-state index contributed by atoms with van der Waals surface area (Å²) in [7, 11) is 0. The van der Waals surface area contributed by atoms with E-state index in [1.54, 1.807) is 6.07 Å². The van der Waals surface area contributed by atoms with Gasteiger partial charge in [-0.1, -0.05) is 35.9 Å². The van der Waals surface area contributed by atoms with Crippen LogP contribution in [0.25, 0.3) is 0 Å². The fourth-order valence-electron chi connectivity index (χ4n) is 4.60. The lowest BCUT2D eigenvalue weighted by atomic mass is 9.86. The Hall–Kier alpha value is -3.67. The van der Waals surface area contributed by atoms with Gasteiger partial charge in [0.2, 0.25) is 11.9 Å². The van der Waals surface area contributed by atoms with Crippen molar-refractivity contribution in [1.29, 1.82) is 0 Å². The lowest BCUT2D eigenvalue weighted by Gasteiger charge is -2.48. The highest BCUT2D eigenvalue weighted by Gasteiger charge is 2.60. The summed E-state index contributed by atoms with van der Waals surface area (Å²) < 4.78 is 33.1. The molecule has 0 aliphatic carbocycles. The molecule has 0 radical (unpaired) electrons. The minimum Gasteiger partial charge on any atom is -0.494 e. The third-order valence-electron chi connectivity index (χ3n) is 6.17. The van der Waals surface area contributed by atoms with Crippen molar-refractivity contribution in [2.45, 2.75) is 71.2 Å². The molecule has 1 heterocycles. The molecule has 2 aromatic carbocycles. The second-order valence-electron chi connectivity index (χ2n) is 9.36. The number of hydrogen-bond donors (Lipinski definition) is 1. The summed E-state index contributed by atoms with van der Waals surface area (Å²) in [6.07, 6.45) is -5.69. The topological polar surface area (TPSA) is 144 Å². The van der Waals surface area contributed by atoms with E-state index < -0.39 is 60.7 Å². The number of para-hydroxylation sites is 1. The van der Waals surface area contributed by atoms with Crippen molar-refractivity contribution in [3.05, 3.63) is 64.2 Å². The molecule has 11 nitrogen and oxygen atoms in total. The number of aliphatic hydroxyl groups is 1. The van der Waals surface area contributed by atoms with Gasteiger partial charge in [-0.3, -0.25) is 19.2 Å². The van der Waals surface area contributed by atoms with E-state index in [0.29, 0.717) is 29.4 Å². The molecule has 0 bridgehead atoms. The predicted octanol–water partition coefficient (Wildman–Crippen LogP) is 3.23. The highest BCUT2D eigenvalue weighted by molar-refractivity contribution is 6.31. The number of benzene rings is 2. The number of carbonyl (C=O) groups excluding carboxylic acids is 4. The van der Waals surface area contributed by atoms with E-state index in [-0.39, 0.29) is 5.56 Å². The SMILES string of the molecule is CCOc1ccccc1Cc1cc([C@]2(O)O[C@H](COC(C)=O)[C@@H](OC(C)=O)[C@H](OC(C)=O)[C@H]2OC(C)=O)ccc1Cl. The first-order valence-corrected chi connectivity index (χ1v) is 13.3. The Balaban J connectivity index is 2.15. The molecule has 1 fully saturated rings. The standard InChI is InChI=1S/C29H33ClO11/c1-6-36-24-10-8-7-9-20(24)13-21-14-22(11-12-23(21)30)29(35)28(40-19(5)34)27(39-18(4)33)26(38-17(3)32)25(41-29)15-37-16(2)31/h7-12,14,25-28,35H,6,13,15H2,1-5H3/t25-,26-,27+,28-,29+/m1/s1. The van der Waals surface area contributed by atoms with Gasteiger partial charge in [-0.15, -0.1) is 0 Å². The third kappa shape index (κ3) is 7.96. The Morgan fingerprint density at radius 3 is 2.12 bits per heavy atom. The zero-order valence-corrected chi connectivity index (χ0v) is 24.1. The lowest BCUT2D eigenvalue weighted by molar-refractivity contribution is -0.360. The lowest BCUT2D eigenvalue weighted by Crippen LogP contribution is -2.66. The van der Waals surface area contributed by atoms with E-state index in [1.165, 1.54) is 12.1 Å². The van der Waals surface area contributed by atoms with Gasteiger partial charge in [-0.2, -0.15) is 0 Å². The second-order valence-corrected chi connectivity index (χ2v) is 9.76. The van der Waals surface area contributed by atoms with Crippen LogP contribution in [-0.4, -0.2) is 66.6 Å². The Kier molecular flexibility index (Phi) is 10.7. The molecule has 222 valence electrons. The average Bonchev–Trinajstić information content (AvgIpc) is 2.88. The summed E-state index contributed by atoms with van der Waals surface area (Å²) in [5.74, 6) is -4.92. The number of rotatable bonds is 10. The van der Waals surface area contributed by atoms with Crippen LogP contribution >= 0.6 is 11.6 Å². The monoisotopic (exact) mass is 592 g/mol. The van der Waals surface area contributed by atoms with Crippen molar-refractivity contribution >= 4 is 35.5 Å². The molecule has 1 N–H and O–H groups in total. The second kappa shape index (κ2) is 13.8. The van der Waals surface area contributed by atoms with Crippen LogP contribution in [0.1, 0.15) is 51.3 Å². The molecule has 0 aromatic heterocycles. The fraction of sp³-hybridized carbons (Fsp3) is 0.448. The number of esters is 4. The largest absolute Gasteiger partial charge is 0.494 e. The number of carbonyl (C=O) groups is 4. The molecular weight excluding hydrogens is 560 g/mol. The van der Waals surface area contributed by atoms with E-state index in [2.05, 4.69) is 0 Å². The maximum absolute atomic E-state index is 12.2. The Labute approximate surface area is 242 Å². The smallest absolute Gasteiger partial charge is 0.303 e. The highest BCUT2D eigenvalue weighted by Crippen LogP contribution is 2.42. The van der Waals surface area contributed by atoms with Crippen LogP contribution in [0.3, 0.4) is 0 Å². The first-order chi connectivity index (χ1) is 19.3. The number of hydrogen-bond acceptors (Lipinski definition) is 11. The molecule has 3 rings (SSSR count). The van der Waals surface area contributed by atoms with Crippen molar-refractivity contribution in [2.24, 2.45) is 0 Å². The Morgan fingerprint density at radius 1 is 0.878 bits per heavy atom. The maximum Gasteiger partial charge on any atom is 0.303 e. The van der Waals surface area contributed by atoms with Gasteiger partial charge in [-0.05, 0) is 36.2 Å². The number of ether oxygens (including phenoxy) is 6. The van der Waals surface area contributed by atoms with E-state index in [4.69, 9.17) is 40.0 Å². The Morgan fingerprint density at radius 2 is 1.51 bits per heavy atom. The summed E-state index contributed by atoms with van der Waals surface area (Å²) in [6.45, 7) is 6.30.